The van der Waals surface area contributed by atoms with Gasteiger partial charge in [-0.15, -0.1) is 0 Å². The molecule has 0 spiro atoms. The number of aromatic nitrogens is 1. The standard InChI is InChI=1S/C27H29N3O4S/c1-6-33-21-11-9-8-10-20(21)24-23(26(32)34-7-2)17(3)28-27-30(24)25(31)22(35-27)16-18-12-14-19(15-13-18)29(4)5/h8-16,24H,6-7H2,1-5H3/t24-/m1/s1. The van der Waals surface area contributed by atoms with Crippen molar-refractivity contribution in [3.8, 4) is 5.75 Å². The van der Waals surface area contributed by atoms with E-state index in [1.807, 2.05) is 80.5 Å². The third kappa shape index (κ3) is 4.79. The van der Waals surface area contributed by atoms with Gasteiger partial charge in [-0.2, -0.15) is 0 Å². The summed E-state index contributed by atoms with van der Waals surface area (Å²) in [5.74, 6) is 0.129. The van der Waals surface area contributed by atoms with Crippen molar-refractivity contribution in [2.75, 3.05) is 32.2 Å². The summed E-state index contributed by atoms with van der Waals surface area (Å²) in [6, 6.07) is 14.7. The first kappa shape index (κ1) is 24.5. The summed E-state index contributed by atoms with van der Waals surface area (Å²) in [6.07, 6.45) is 1.86. The van der Waals surface area contributed by atoms with E-state index in [0.29, 0.717) is 33.0 Å². The summed E-state index contributed by atoms with van der Waals surface area (Å²) in [6.45, 7) is 6.12. The van der Waals surface area contributed by atoms with E-state index in [4.69, 9.17) is 9.47 Å². The Morgan fingerprint density at radius 1 is 1.11 bits per heavy atom. The second-order valence-corrected chi connectivity index (χ2v) is 9.27. The number of allylic oxidation sites excluding steroid dienone is 1. The molecular weight excluding hydrogens is 462 g/mol. The van der Waals surface area contributed by atoms with Crippen LogP contribution in [0, 0.1) is 0 Å². The minimum absolute atomic E-state index is 0.212. The number of benzene rings is 2. The number of carbonyl (C=O) groups is 1. The van der Waals surface area contributed by atoms with Crippen molar-refractivity contribution < 1.29 is 14.3 Å². The van der Waals surface area contributed by atoms with Crippen molar-refractivity contribution in [1.82, 2.24) is 4.57 Å². The fourth-order valence-electron chi connectivity index (χ4n) is 4.10. The molecule has 2 aromatic carbocycles. The number of carbonyl (C=O) groups excluding carboxylic acids is 1. The maximum Gasteiger partial charge on any atom is 0.338 e. The summed E-state index contributed by atoms with van der Waals surface area (Å²) in [5.41, 5.74) is 3.36. The van der Waals surface area contributed by atoms with E-state index in [1.165, 1.54) is 11.3 Å². The number of thiazole rings is 1. The first-order valence-corrected chi connectivity index (χ1v) is 12.4. The Morgan fingerprint density at radius 2 is 1.83 bits per heavy atom. The van der Waals surface area contributed by atoms with E-state index < -0.39 is 12.0 Å². The van der Waals surface area contributed by atoms with Crippen LogP contribution in [0.3, 0.4) is 0 Å². The fourth-order valence-corrected chi connectivity index (χ4v) is 5.15. The zero-order valence-corrected chi connectivity index (χ0v) is 21.4. The maximum absolute atomic E-state index is 13.7. The molecule has 182 valence electrons. The van der Waals surface area contributed by atoms with Crippen molar-refractivity contribution in [3.05, 3.63) is 90.6 Å². The smallest absolute Gasteiger partial charge is 0.338 e. The minimum atomic E-state index is -0.702. The second kappa shape index (κ2) is 10.3. The average molecular weight is 492 g/mol. The number of esters is 1. The van der Waals surface area contributed by atoms with E-state index in [2.05, 4.69) is 4.99 Å². The van der Waals surface area contributed by atoms with Crippen LogP contribution in [0.2, 0.25) is 0 Å². The van der Waals surface area contributed by atoms with Crippen LogP contribution in [0.4, 0.5) is 5.69 Å². The van der Waals surface area contributed by atoms with Gasteiger partial charge in [0, 0.05) is 25.3 Å². The third-order valence-corrected chi connectivity index (χ3v) is 6.72. The first-order valence-electron chi connectivity index (χ1n) is 11.5. The van der Waals surface area contributed by atoms with Gasteiger partial charge in [-0.25, -0.2) is 9.79 Å². The molecule has 4 rings (SSSR count). The van der Waals surface area contributed by atoms with E-state index in [1.54, 1.807) is 18.4 Å². The third-order valence-electron chi connectivity index (χ3n) is 5.74. The fraction of sp³-hybridized carbons (Fsp3) is 0.296. The number of nitrogens with zero attached hydrogens (tertiary/aromatic N) is 3. The molecule has 0 fully saturated rings. The molecule has 0 amide bonds. The van der Waals surface area contributed by atoms with Gasteiger partial charge >= 0.3 is 5.97 Å². The Bertz CT molecular complexity index is 1450. The number of fused-ring (bicyclic) bond motifs is 1. The molecule has 1 aliphatic rings. The number of hydrogen-bond donors (Lipinski definition) is 0. The molecule has 1 aromatic heterocycles. The Kier molecular flexibility index (Phi) is 7.21. The molecule has 0 radical (unpaired) electrons. The molecular formula is C27H29N3O4S. The van der Waals surface area contributed by atoms with Crippen LogP contribution in [-0.2, 0) is 9.53 Å². The van der Waals surface area contributed by atoms with Crippen LogP contribution >= 0.6 is 11.3 Å². The number of para-hydroxylation sites is 1. The molecule has 0 N–H and O–H groups in total. The molecule has 0 saturated carbocycles. The van der Waals surface area contributed by atoms with Crippen LogP contribution in [0.25, 0.3) is 6.08 Å². The van der Waals surface area contributed by atoms with E-state index >= 15 is 0 Å². The summed E-state index contributed by atoms with van der Waals surface area (Å²) in [4.78, 5) is 34.0. The Labute approximate surface area is 208 Å². The number of hydrogen-bond acceptors (Lipinski definition) is 7. The van der Waals surface area contributed by atoms with E-state index in [9.17, 15) is 9.59 Å². The van der Waals surface area contributed by atoms with Gasteiger partial charge in [0.25, 0.3) is 5.56 Å². The second-order valence-electron chi connectivity index (χ2n) is 8.26. The molecule has 3 aromatic rings. The molecule has 7 nitrogen and oxygen atoms in total. The van der Waals surface area contributed by atoms with Gasteiger partial charge < -0.3 is 14.4 Å². The Morgan fingerprint density at radius 3 is 2.49 bits per heavy atom. The highest BCUT2D eigenvalue weighted by molar-refractivity contribution is 7.07. The maximum atomic E-state index is 13.7. The number of ether oxygens (including phenoxy) is 2. The van der Waals surface area contributed by atoms with E-state index in [-0.39, 0.29) is 12.2 Å². The van der Waals surface area contributed by atoms with Gasteiger partial charge in [0.2, 0.25) is 0 Å². The van der Waals surface area contributed by atoms with Crippen molar-refractivity contribution in [1.29, 1.82) is 0 Å². The molecule has 1 atom stereocenters. The average Bonchev–Trinajstić information content (AvgIpc) is 3.13. The van der Waals surface area contributed by atoms with Gasteiger partial charge in [0.15, 0.2) is 4.80 Å². The summed E-state index contributed by atoms with van der Waals surface area (Å²) in [7, 11) is 3.97. The van der Waals surface area contributed by atoms with Crippen LogP contribution in [0.5, 0.6) is 5.75 Å². The van der Waals surface area contributed by atoms with Gasteiger partial charge in [-0.3, -0.25) is 9.36 Å². The lowest BCUT2D eigenvalue weighted by molar-refractivity contribution is -0.139. The van der Waals surface area contributed by atoms with Gasteiger partial charge in [0.1, 0.15) is 11.8 Å². The van der Waals surface area contributed by atoms with Crippen LogP contribution in [0.15, 0.2) is 69.6 Å². The topological polar surface area (TPSA) is 73.1 Å². The zero-order valence-electron chi connectivity index (χ0n) is 20.6. The summed E-state index contributed by atoms with van der Waals surface area (Å²) < 4.78 is 13.4. The van der Waals surface area contributed by atoms with Crippen molar-refractivity contribution in [2.45, 2.75) is 26.8 Å². The molecule has 0 aliphatic carbocycles. The molecule has 0 bridgehead atoms. The molecule has 0 unspecified atom stereocenters. The van der Waals surface area contributed by atoms with Crippen LogP contribution < -0.4 is 24.5 Å². The molecule has 8 heteroatoms. The monoisotopic (exact) mass is 491 g/mol. The number of anilines is 1. The predicted octanol–water partition coefficient (Wildman–Crippen LogP) is 3.26. The molecule has 2 heterocycles. The predicted molar refractivity (Wildman–Crippen MR) is 139 cm³/mol. The lowest BCUT2D eigenvalue weighted by Gasteiger charge is -2.26. The largest absolute Gasteiger partial charge is 0.494 e. The molecule has 0 saturated heterocycles. The number of rotatable bonds is 7. The first-order chi connectivity index (χ1) is 16.8. The highest BCUT2D eigenvalue weighted by Crippen LogP contribution is 2.35. The van der Waals surface area contributed by atoms with Gasteiger partial charge in [-0.1, -0.05) is 41.7 Å². The normalized spacial score (nSPS) is 15.5. The molecule has 35 heavy (non-hydrogen) atoms. The Balaban J connectivity index is 1.93. The van der Waals surface area contributed by atoms with Crippen LogP contribution in [0.1, 0.15) is 37.9 Å². The van der Waals surface area contributed by atoms with Crippen LogP contribution in [-0.4, -0.2) is 37.8 Å². The van der Waals surface area contributed by atoms with Crippen molar-refractivity contribution >= 4 is 29.1 Å². The van der Waals surface area contributed by atoms with Gasteiger partial charge in [0.05, 0.1) is 29.0 Å². The zero-order chi connectivity index (χ0) is 25.1. The van der Waals surface area contributed by atoms with Gasteiger partial charge in [-0.05, 0) is 50.6 Å². The molecule has 1 aliphatic heterocycles. The lowest BCUT2D eigenvalue weighted by Crippen LogP contribution is -2.40. The SMILES string of the molecule is CCOC(=O)C1=C(C)N=c2sc(=Cc3ccc(N(C)C)cc3)c(=O)n2[C@@H]1c1ccccc1OCC. The summed E-state index contributed by atoms with van der Waals surface area (Å²) >= 11 is 1.31. The van der Waals surface area contributed by atoms with Crippen molar-refractivity contribution in [2.24, 2.45) is 4.99 Å². The van der Waals surface area contributed by atoms with Crippen molar-refractivity contribution in [3.63, 3.8) is 0 Å². The Hall–Kier alpha value is -3.65. The highest BCUT2D eigenvalue weighted by atomic mass is 32.1. The van der Waals surface area contributed by atoms with E-state index in [0.717, 1.165) is 16.8 Å². The summed E-state index contributed by atoms with van der Waals surface area (Å²) in [5, 5.41) is 0. The lowest BCUT2D eigenvalue weighted by atomic mass is 9.95. The minimum Gasteiger partial charge on any atom is -0.494 e. The highest BCUT2D eigenvalue weighted by Gasteiger charge is 2.35. The quantitative estimate of drug-likeness (QED) is 0.475.